The minimum Gasteiger partial charge on any atom is -0.356 e. The lowest BCUT2D eigenvalue weighted by atomic mass is 10.0. The van der Waals surface area contributed by atoms with Gasteiger partial charge in [0.2, 0.25) is 5.91 Å². The third kappa shape index (κ3) is 8.25. The van der Waals surface area contributed by atoms with Crippen molar-refractivity contribution < 1.29 is 4.79 Å². The number of nitrogens with one attached hydrogen (secondary N) is 2. The molecule has 1 aliphatic carbocycles. The number of carbonyl (C=O) groups is 1. The minimum atomic E-state index is 0.0267. The van der Waals surface area contributed by atoms with Gasteiger partial charge in [0.1, 0.15) is 6.54 Å². The molecule has 0 aromatic heterocycles. The van der Waals surface area contributed by atoms with Crippen molar-refractivity contribution in [3.8, 4) is 0 Å². The summed E-state index contributed by atoms with van der Waals surface area (Å²) in [6.07, 6.45) is 10.6. The summed E-state index contributed by atoms with van der Waals surface area (Å²) in [6.45, 7) is 4.13. The number of nitrogens with zero attached hydrogens (tertiary/aromatic N) is 2. The maximum Gasteiger partial charge on any atom is 0.243 e. The molecule has 0 bridgehead atoms. The van der Waals surface area contributed by atoms with Crippen LogP contribution in [0.5, 0.6) is 0 Å². The smallest absolute Gasteiger partial charge is 0.243 e. The predicted molar refractivity (Wildman–Crippen MR) is 93.1 cm³/mol. The number of unbranched alkanes of at least 4 members (excludes halogenated alkanes) is 1. The first-order chi connectivity index (χ1) is 10.6. The summed E-state index contributed by atoms with van der Waals surface area (Å²) < 4.78 is 0. The van der Waals surface area contributed by atoms with Gasteiger partial charge in [-0.05, 0) is 18.8 Å². The zero-order valence-electron chi connectivity index (χ0n) is 14.7. The Morgan fingerprint density at radius 1 is 1.14 bits per heavy atom. The highest BCUT2D eigenvalue weighted by atomic mass is 16.2. The van der Waals surface area contributed by atoms with Crippen LogP contribution < -0.4 is 10.6 Å². The standard InChI is InChI=1S/C17H34N4O/c1-4-12-18-17(20-14-16(22)21(2)3)19-13-8-7-11-15-9-5-6-10-15/h15H,4-14H2,1-3H3,(H2,18,19,20). The van der Waals surface area contributed by atoms with Gasteiger partial charge < -0.3 is 15.5 Å². The summed E-state index contributed by atoms with van der Waals surface area (Å²) in [5.41, 5.74) is 0. The van der Waals surface area contributed by atoms with Gasteiger partial charge in [-0.3, -0.25) is 4.79 Å². The lowest BCUT2D eigenvalue weighted by Crippen LogP contribution is -2.39. The molecule has 0 saturated heterocycles. The Kier molecular flexibility index (Phi) is 9.67. The van der Waals surface area contributed by atoms with E-state index in [-0.39, 0.29) is 12.5 Å². The van der Waals surface area contributed by atoms with Crippen LogP contribution in [0.25, 0.3) is 0 Å². The fourth-order valence-electron chi connectivity index (χ4n) is 2.77. The van der Waals surface area contributed by atoms with E-state index in [1.54, 1.807) is 19.0 Å². The number of likely N-dealkylation sites (N-methyl/N-ethyl adjacent to an activating group) is 1. The second-order valence-electron chi connectivity index (χ2n) is 6.45. The Morgan fingerprint density at radius 3 is 2.45 bits per heavy atom. The molecule has 2 N–H and O–H groups in total. The Morgan fingerprint density at radius 2 is 1.82 bits per heavy atom. The van der Waals surface area contributed by atoms with Crippen molar-refractivity contribution in [1.29, 1.82) is 0 Å². The molecule has 0 heterocycles. The van der Waals surface area contributed by atoms with Crippen LogP contribution >= 0.6 is 0 Å². The van der Waals surface area contributed by atoms with E-state index in [9.17, 15) is 4.79 Å². The molecule has 0 atom stereocenters. The Labute approximate surface area is 135 Å². The highest BCUT2D eigenvalue weighted by molar-refractivity contribution is 5.84. The van der Waals surface area contributed by atoms with Crippen LogP contribution in [-0.2, 0) is 4.79 Å². The van der Waals surface area contributed by atoms with Crippen LogP contribution in [0.4, 0.5) is 0 Å². The number of guanidine groups is 1. The molecule has 5 heteroatoms. The lowest BCUT2D eigenvalue weighted by Gasteiger charge is -2.14. The zero-order chi connectivity index (χ0) is 16.2. The molecular weight excluding hydrogens is 276 g/mol. The summed E-state index contributed by atoms with van der Waals surface area (Å²) in [6, 6.07) is 0. The van der Waals surface area contributed by atoms with Crippen molar-refractivity contribution >= 4 is 11.9 Å². The van der Waals surface area contributed by atoms with Crippen LogP contribution in [0.3, 0.4) is 0 Å². The van der Waals surface area contributed by atoms with Gasteiger partial charge in [0, 0.05) is 27.2 Å². The third-order valence-corrected chi connectivity index (χ3v) is 4.22. The van der Waals surface area contributed by atoms with E-state index >= 15 is 0 Å². The number of hydrogen-bond donors (Lipinski definition) is 2. The van der Waals surface area contributed by atoms with Crippen molar-refractivity contribution in [2.75, 3.05) is 33.7 Å². The Bertz CT molecular complexity index is 336. The van der Waals surface area contributed by atoms with Crippen molar-refractivity contribution in [3.05, 3.63) is 0 Å². The maximum atomic E-state index is 11.6. The SMILES string of the molecule is CCCNC(=NCC(=O)N(C)C)NCCCCC1CCCC1. The monoisotopic (exact) mass is 310 g/mol. The highest BCUT2D eigenvalue weighted by Gasteiger charge is 2.13. The molecule has 0 aromatic carbocycles. The number of rotatable bonds is 9. The van der Waals surface area contributed by atoms with Gasteiger partial charge >= 0.3 is 0 Å². The molecule has 1 fully saturated rings. The topological polar surface area (TPSA) is 56.7 Å². The van der Waals surface area contributed by atoms with Crippen LogP contribution in [0.15, 0.2) is 4.99 Å². The molecule has 1 amide bonds. The van der Waals surface area contributed by atoms with Gasteiger partial charge in [0.15, 0.2) is 5.96 Å². The van der Waals surface area contributed by atoms with Gasteiger partial charge in [-0.1, -0.05) is 45.4 Å². The van der Waals surface area contributed by atoms with Crippen LogP contribution in [0.1, 0.15) is 58.3 Å². The molecule has 1 saturated carbocycles. The first-order valence-electron chi connectivity index (χ1n) is 8.85. The molecule has 1 rings (SSSR count). The van der Waals surface area contributed by atoms with E-state index < -0.39 is 0 Å². The third-order valence-electron chi connectivity index (χ3n) is 4.22. The average molecular weight is 310 g/mol. The molecule has 0 unspecified atom stereocenters. The number of hydrogen-bond acceptors (Lipinski definition) is 2. The molecule has 5 nitrogen and oxygen atoms in total. The van der Waals surface area contributed by atoms with E-state index in [4.69, 9.17) is 0 Å². The van der Waals surface area contributed by atoms with Crippen molar-refractivity contribution in [1.82, 2.24) is 15.5 Å². The fourth-order valence-corrected chi connectivity index (χ4v) is 2.77. The van der Waals surface area contributed by atoms with E-state index in [1.165, 1.54) is 44.9 Å². The Hall–Kier alpha value is -1.26. The highest BCUT2D eigenvalue weighted by Crippen LogP contribution is 2.28. The van der Waals surface area contributed by atoms with Crippen molar-refractivity contribution in [2.45, 2.75) is 58.3 Å². The van der Waals surface area contributed by atoms with E-state index in [1.807, 2.05) is 0 Å². The summed E-state index contributed by atoms with van der Waals surface area (Å²) in [4.78, 5) is 17.5. The molecule has 0 aliphatic heterocycles. The van der Waals surface area contributed by atoms with Crippen molar-refractivity contribution in [2.24, 2.45) is 10.9 Å². The molecule has 22 heavy (non-hydrogen) atoms. The van der Waals surface area contributed by atoms with Crippen LogP contribution in [0, 0.1) is 5.92 Å². The van der Waals surface area contributed by atoms with E-state index in [2.05, 4.69) is 22.5 Å². The second kappa shape index (κ2) is 11.3. The van der Waals surface area contributed by atoms with Gasteiger partial charge in [0.25, 0.3) is 0 Å². The van der Waals surface area contributed by atoms with Crippen molar-refractivity contribution in [3.63, 3.8) is 0 Å². The first-order valence-corrected chi connectivity index (χ1v) is 8.85. The van der Waals surface area contributed by atoms with Crippen LogP contribution in [-0.4, -0.2) is 50.5 Å². The molecular formula is C17H34N4O. The van der Waals surface area contributed by atoms with Gasteiger partial charge in [-0.2, -0.15) is 0 Å². The maximum absolute atomic E-state index is 11.6. The second-order valence-corrected chi connectivity index (χ2v) is 6.45. The van der Waals surface area contributed by atoms with E-state index in [0.29, 0.717) is 0 Å². The van der Waals surface area contributed by atoms with Gasteiger partial charge in [-0.15, -0.1) is 0 Å². The fraction of sp³-hybridized carbons (Fsp3) is 0.882. The number of amides is 1. The Balaban J connectivity index is 2.21. The van der Waals surface area contributed by atoms with Crippen LogP contribution in [0.2, 0.25) is 0 Å². The summed E-state index contributed by atoms with van der Waals surface area (Å²) in [7, 11) is 3.51. The average Bonchev–Trinajstić information content (AvgIpc) is 3.01. The largest absolute Gasteiger partial charge is 0.356 e. The van der Waals surface area contributed by atoms with Gasteiger partial charge in [-0.25, -0.2) is 4.99 Å². The number of aliphatic imine (C=N–C) groups is 1. The lowest BCUT2D eigenvalue weighted by molar-refractivity contribution is -0.127. The normalized spacial score (nSPS) is 15.9. The summed E-state index contributed by atoms with van der Waals surface area (Å²) in [5, 5.41) is 6.61. The zero-order valence-corrected chi connectivity index (χ0v) is 14.7. The summed E-state index contributed by atoms with van der Waals surface area (Å²) in [5.74, 6) is 1.76. The van der Waals surface area contributed by atoms with Gasteiger partial charge in [0.05, 0.1) is 0 Å². The first kappa shape index (κ1) is 18.8. The molecule has 0 spiro atoms. The summed E-state index contributed by atoms with van der Waals surface area (Å²) >= 11 is 0. The number of carbonyl (C=O) groups excluding carboxylic acids is 1. The molecule has 0 aromatic rings. The molecule has 1 aliphatic rings. The molecule has 128 valence electrons. The molecule has 0 radical (unpaired) electrons. The quantitative estimate of drug-likeness (QED) is 0.390. The predicted octanol–water partition coefficient (Wildman–Crippen LogP) is 2.38. The minimum absolute atomic E-state index is 0.0267. The van der Waals surface area contributed by atoms with E-state index in [0.717, 1.165) is 31.4 Å².